The van der Waals surface area contributed by atoms with Gasteiger partial charge in [0.2, 0.25) is 0 Å². The second-order valence-corrected chi connectivity index (χ2v) is 4.64. The molecule has 3 nitrogen and oxygen atoms in total. The van der Waals surface area contributed by atoms with Crippen LogP contribution >= 0.6 is 24.0 Å². The van der Waals surface area contributed by atoms with E-state index in [4.69, 9.17) is 11.6 Å². The van der Waals surface area contributed by atoms with Crippen molar-refractivity contribution in [3.63, 3.8) is 0 Å². The largest absolute Gasteiger partial charge is 0.356 e. The normalized spacial score (nSPS) is 9.85. The molecule has 102 valence electrons. The Morgan fingerprint density at radius 3 is 2.45 bits per heavy atom. The molecule has 0 saturated heterocycles. The van der Waals surface area contributed by atoms with Gasteiger partial charge in [-0.3, -0.25) is 5.10 Å². The van der Waals surface area contributed by atoms with E-state index in [1.165, 1.54) is 0 Å². The van der Waals surface area contributed by atoms with Gasteiger partial charge in [-0.2, -0.15) is 5.10 Å². The average molecular weight is 306 g/mol. The summed E-state index contributed by atoms with van der Waals surface area (Å²) < 4.78 is 0. The minimum atomic E-state index is 0. The lowest BCUT2D eigenvalue weighted by atomic mass is 10.1. The molecule has 3 rings (SSSR count). The number of hydrogen-bond donors (Lipinski definition) is 2. The monoisotopic (exact) mass is 305 g/mol. The molecule has 0 aliphatic heterocycles. The topological polar surface area (TPSA) is 40.7 Å². The van der Waals surface area contributed by atoms with Crippen LogP contribution in [0.3, 0.4) is 0 Å². The molecule has 0 unspecified atom stereocenters. The van der Waals surface area contributed by atoms with Crippen molar-refractivity contribution in [1.29, 1.82) is 0 Å². The van der Waals surface area contributed by atoms with Crippen molar-refractivity contribution in [2.75, 3.05) is 5.32 Å². The van der Waals surface area contributed by atoms with E-state index in [2.05, 4.69) is 27.6 Å². The van der Waals surface area contributed by atoms with Gasteiger partial charge in [0.15, 0.2) is 0 Å². The van der Waals surface area contributed by atoms with Crippen LogP contribution in [-0.2, 0) is 0 Å². The van der Waals surface area contributed by atoms with Gasteiger partial charge in [0.1, 0.15) is 0 Å². The molecule has 1 aromatic heterocycles. The van der Waals surface area contributed by atoms with Gasteiger partial charge in [-0.1, -0.05) is 23.7 Å². The Kier molecular flexibility index (Phi) is 4.66. The maximum atomic E-state index is 5.87. The summed E-state index contributed by atoms with van der Waals surface area (Å²) in [4.78, 5) is 0. The molecule has 0 atom stereocenters. The lowest BCUT2D eigenvalue weighted by Gasteiger charge is -2.07. The third kappa shape index (κ3) is 3.32. The van der Waals surface area contributed by atoms with Crippen LogP contribution in [0.1, 0.15) is 0 Å². The lowest BCUT2D eigenvalue weighted by molar-refractivity contribution is 1.09. The van der Waals surface area contributed by atoms with Crippen LogP contribution in [0.15, 0.2) is 60.9 Å². The first-order chi connectivity index (χ1) is 9.31. The zero-order valence-corrected chi connectivity index (χ0v) is 12.1. The van der Waals surface area contributed by atoms with Gasteiger partial charge in [0, 0.05) is 28.2 Å². The number of nitrogens with zero attached hydrogens (tertiary/aromatic N) is 1. The number of benzene rings is 2. The van der Waals surface area contributed by atoms with Gasteiger partial charge in [-0.25, -0.2) is 0 Å². The van der Waals surface area contributed by atoms with Crippen molar-refractivity contribution in [2.24, 2.45) is 0 Å². The van der Waals surface area contributed by atoms with Crippen molar-refractivity contribution in [2.45, 2.75) is 0 Å². The van der Waals surface area contributed by atoms with E-state index in [0.29, 0.717) is 0 Å². The third-order valence-electron chi connectivity index (χ3n) is 2.83. The van der Waals surface area contributed by atoms with Crippen molar-refractivity contribution in [3.8, 4) is 11.1 Å². The summed E-state index contributed by atoms with van der Waals surface area (Å²) in [5, 5.41) is 10.9. The predicted molar refractivity (Wildman–Crippen MR) is 86.0 cm³/mol. The maximum absolute atomic E-state index is 5.87. The molecule has 0 amide bonds. The van der Waals surface area contributed by atoms with E-state index < -0.39 is 0 Å². The second-order valence-electron chi connectivity index (χ2n) is 4.20. The highest BCUT2D eigenvalue weighted by atomic mass is 35.5. The molecule has 3 aromatic rings. The minimum absolute atomic E-state index is 0. The van der Waals surface area contributed by atoms with E-state index >= 15 is 0 Å². The molecule has 0 saturated carbocycles. The van der Waals surface area contributed by atoms with Crippen molar-refractivity contribution in [3.05, 3.63) is 65.9 Å². The first kappa shape index (κ1) is 14.4. The number of aromatic nitrogens is 2. The highest BCUT2D eigenvalue weighted by molar-refractivity contribution is 6.30. The second kappa shape index (κ2) is 6.46. The van der Waals surface area contributed by atoms with Gasteiger partial charge < -0.3 is 5.32 Å². The number of halogens is 2. The van der Waals surface area contributed by atoms with E-state index in [1.807, 2.05) is 42.6 Å². The van der Waals surface area contributed by atoms with Crippen molar-refractivity contribution < 1.29 is 0 Å². The van der Waals surface area contributed by atoms with Crippen LogP contribution < -0.4 is 5.32 Å². The fraction of sp³-hybridized carbons (Fsp3) is 0. The third-order valence-corrected chi connectivity index (χ3v) is 3.08. The molecule has 0 aliphatic carbocycles. The molecular formula is C15H13Cl2N3. The molecule has 0 bridgehead atoms. The van der Waals surface area contributed by atoms with Gasteiger partial charge in [-0.05, 0) is 42.0 Å². The van der Waals surface area contributed by atoms with Crippen molar-refractivity contribution >= 4 is 35.4 Å². The Hall–Kier alpha value is -1.97. The standard InChI is InChI=1S/C15H12ClN3.ClH/c16-13-4-6-14(7-5-13)19-15-3-1-2-11(8-15)12-9-17-18-10-12;/h1-10,19H,(H,17,18);1H. The van der Waals surface area contributed by atoms with Crippen LogP contribution in [0.5, 0.6) is 0 Å². The smallest absolute Gasteiger partial charge is 0.0565 e. The number of anilines is 2. The number of aromatic amines is 1. The van der Waals surface area contributed by atoms with Gasteiger partial charge in [-0.15, -0.1) is 12.4 Å². The summed E-state index contributed by atoms with van der Waals surface area (Å²) in [6, 6.07) is 15.8. The summed E-state index contributed by atoms with van der Waals surface area (Å²) >= 11 is 5.87. The Morgan fingerprint density at radius 1 is 0.950 bits per heavy atom. The van der Waals surface area contributed by atoms with E-state index in [1.54, 1.807) is 6.20 Å². The van der Waals surface area contributed by atoms with Crippen LogP contribution in [-0.4, -0.2) is 10.2 Å². The Balaban J connectivity index is 0.00000147. The Morgan fingerprint density at radius 2 is 1.75 bits per heavy atom. The fourth-order valence-electron chi connectivity index (χ4n) is 1.89. The summed E-state index contributed by atoms with van der Waals surface area (Å²) in [5.74, 6) is 0. The number of H-pyrrole nitrogens is 1. The molecular weight excluding hydrogens is 293 g/mol. The summed E-state index contributed by atoms with van der Waals surface area (Å²) in [6.45, 7) is 0. The Labute approximate surface area is 128 Å². The number of rotatable bonds is 3. The SMILES string of the molecule is Cl.Clc1ccc(Nc2cccc(-c3cn[nH]c3)c2)cc1. The highest BCUT2D eigenvalue weighted by Crippen LogP contribution is 2.24. The maximum Gasteiger partial charge on any atom is 0.0565 e. The summed E-state index contributed by atoms with van der Waals surface area (Å²) in [5.41, 5.74) is 4.22. The quantitative estimate of drug-likeness (QED) is 0.723. The molecule has 20 heavy (non-hydrogen) atoms. The average Bonchev–Trinajstić information content (AvgIpc) is 2.96. The molecule has 5 heteroatoms. The van der Waals surface area contributed by atoms with Gasteiger partial charge >= 0.3 is 0 Å². The zero-order chi connectivity index (χ0) is 13.1. The van der Waals surface area contributed by atoms with Crippen LogP contribution in [0.2, 0.25) is 5.02 Å². The van der Waals surface area contributed by atoms with E-state index in [-0.39, 0.29) is 12.4 Å². The van der Waals surface area contributed by atoms with E-state index in [0.717, 1.165) is 27.5 Å². The lowest BCUT2D eigenvalue weighted by Crippen LogP contribution is -1.89. The molecule has 1 heterocycles. The molecule has 2 N–H and O–H groups in total. The summed E-state index contributed by atoms with van der Waals surface area (Å²) in [7, 11) is 0. The number of nitrogens with one attached hydrogen (secondary N) is 2. The van der Waals surface area contributed by atoms with Crippen LogP contribution in [0.4, 0.5) is 11.4 Å². The molecule has 0 radical (unpaired) electrons. The van der Waals surface area contributed by atoms with Gasteiger partial charge in [0.05, 0.1) is 6.20 Å². The predicted octanol–water partition coefficient (Wildman–Crippen LogP) is 4.90. The van der Waals surface area contributed by atoms with Crippen LogP contribution in [0, 0.1) is 0 Å². The van der Waals surface area contributed by atoms with Gasteiger partial charge in [0.25, 0.3) is 0 Å². The number of hydrogen-bond acceptors (Lipinski definition) is 2. The Bertz CT molecular complexity index is 664. The first-order valence-corrected chi connectivity index (χ1v) is 6.31. The van der Waals surface area contributed by atoms with Crippen LogP contribution in [0.25, 0.3) is 11.1 Å². The first-order valence-electron chi connectivity index (χ1n) is 5.93. The molecule has 0 fully saturated rings. The molecule has 2 aromatic carbocycles. The zero-order valence-electron chi connectivity index (χ0n) is 10.5. The van der Waals surface area contributed by atoms with E-state index in [9.17, 15) is 0 Å². The highest BCUT2D eigenvalue weighted by Gasteiger charge is 2.00. The molecule has 0 spiro atoms. The molecule has 0 aliphatic rings. The minimum Gasteiger partial charge on any atom is -0.356 e. The fourth-order valence-corrected chi connectivity index (χ4v) is 2.01. The van der Waals surface area contributed by atoms with Crippen molar-refractivity contribution in [1.82, 2.24) is 10.2 Å². The summed E-state index contributed by atoms with van der Waals surface area (Å²) in [6.07, 6.45) is 3.68.